The van der Waals surface area contributed by atoms with Crippen LogP contribution < -0.4 is 15.5 Å². The van der Waals surface area contributed by atoms with Gasteiger partial charge in [-0.15, -0.1) is 0 Å². The quantitative estimate of drug-likeness (QED) is 0.388. The van der Waals surface area contributed by atoms with Crippen LogP contribution in [0.4, 0.5) is 16.2 Å². The van der Waals surface area contributed by atoms with E-state index >= 15 is 0 Å². The van der Waals surface area contributed by atoms with E-state index in [2.05, 4.69) is 15.5 Å². The van der Waals surface area contributed by atoms with Crippen LogP contribution in [0.25, 0.3) is 0 Å². The van der Waals surface area contributed by atoms with E-state index in [1.807, 2.05) is 68.1 Å². The van der Waals surface area contributed by atoms with Crippen LogP contribution >= 0.6 is 11.6 Å². The fourth-order valence-electron chi connectivity index (χ4n) is 4.45. The molecule has 1 saturated heterocycles. The minimum atomic E-state index is -3.97. The van der Waals surface area contributed by atoms with Crippen molar-refractivity contribution in [2.45, 2.75) is 37.8 Å². The smallest absolute Gasteiger partial charge is 0.317 e. The second-order valence-electron chi connectivity index (χ2n) is 11.0. The molecule has 1 fully saturated rings. The van der Waals surface area contributed by atoms with Crippen molar-refractivity contribution in [1.82, 2.24) is 14.5 Å². The molecule has 0 aromatic heterocycles. The maximum atomic E-state index is 13.5. The van der Waals surface area contributed by atoms with Crippen molar-refractivity contribution in [3.63, 3.8) is 0 Å². The zero-order valence-electron chi connectivity index (χ0n) is 23.5. The molecule has 0 saturated carbocycles. The average molecular weight is 598 g/mol. The maximum absolute atomic E-state index is 13.5. The number of halogens is 1. The largest absolute Gasteiger partial charge is 0.368 e. The number of carbonyl (C=O) groups excluding carboxylic acids is 2. The van der Waals surface area contributed by atoms with Crippen LogP contribution in [0.1, 0.15) is 26.3 Å². The van der Waals surface area contributed by atoms with Crippen LogP contribution in [0, 0.1) is 0 Å². The summed E-state index contributed by atoms with van der Waals surface area (Å²) in [6.07, 6.45) is 0. The third-order valence-corrected chi connectivity index (χ3v) is 8.60. The van der Waals surface area contributed by atoms with Crippen molar-refractivity contribution >= 4 is 44.9 Å². The number of nitrogens with zero attached hydrogens (tertiary/aromatic N) is 3. The van der Waals surface area contributed by atoms with Gasteiger partial charge in [0.15, 0.2) is 0 Å². The lowest BCUT2D eigenvalue weighted by Gasteiger charge is -2.37. The molecule has 41 heavy (non-hydrogen) atoms. The van der Waals surface area contributed by atoms with Gasteiger partial charge in [-0.05, 0) is 74.9 Å². The highest BCUT2D eigenvalue weighted by Crippen LogP contribution is 2.22. The van der Waals surface area contributed by atoms with Crippen LogP contribution in [0.15, 0.2) is 83.8 Å². The van der Waals surface area contributed by atoms with Gasteiger partial charge in [-0.3, -0.25) is 4.79 Å². The molecule has 2 N–H and O–H groups in total. The van der Waals surface area contributed by atoms with Gasteiger partial charge < -0.3 is 20.4 Å². The van der Waals surface area contributed by atoms with Crippen LogP contribution in [-0.4, -0.2) is 67.8 Å². The van der Waals surface area contributed by atoms with Crippen molar-refractivity contribution in [3.05, 3.63) is 89.4 Å². The van der Waals surface area contributed by atoms with Crippen molar-refractivity contribution < 1.29 is 18.0 Å². The molecule has 1 aliphatic heterocycles. The fourth-order valence-corrected chi connectivity index (χ4v) is 5.96. The number of carbonyl (C=O) groups is 2. The SMILES string of the molecule is CC(C)(C)NC(=O)N1CCN(c2ccc(NC(=O)CN(Cc3ccccc3)S(=O)(=O)c3ccc(Cl)cc3)cc2)CC1. The third kappa shape index (κ3) is 8.45. The Morgan fingerprint density at radius 2 is 1.49 bits per heavy atom. The first-order chi connectivity index (χ1) is 19.4. The Labute approximate surface area is 247 Å². The summed E-state index contributed by atoms with van der Waals surface area (Å²) in [7, 11) is -3.97. The number of hydrogen-bond acceptors (Lipinski definition) is 5. The van der Waals surface area contributed by atoms with E-state index in [1.165, 1.54) is 24.3 Å². The summed E-state index contributed by atoms with van der Waals surface area (Å²) in [5, 5.41) is 6.24. The number of sulfonamides is 1. The molecule has 11 heteroatoms. The lowest BCUT2D eigenvalue weighted by Crippen LogP contribution is -2.55. The monoisotopic (exact) mass is 597 g/mol. The number of nitrogens with one attached hydrogen (secondary N) is 2. The van der Waals surface area contributed by atoms with Crippen LogP contribution in [-0.2, 0) is 21.4 Å². The van der Waals surface area contributed by atoms with Crippen molar-refractivity contribution in [1.29, 1.82) is 0 Å². The first-order valence-corrected chi connectivity index (χ1v) is 15.2. The number of urea groups is 1. The molecule has 3 aromatic carbocycles. The Bertz CT molecular complexity index is 1430. The van der Waals surface area contributed by atoms with Crippen LogP contribution in [0.3, 0.4) is 0 Å². The number of rotatable bonds is 8. The molecular formula is C30H36ClN5O4S. The maximum Gasteiger partial charge on any atom is 0.317 e. The summed E-state index contributed by atoms with van der Waals surface area (Å²) in [6.45, 7) is 8.17. The van der Waals surface area contributed by atoms with Gasteiger partial charge >= 0.3 is 6.03 Å². The molecule has 9 nitrogen and oxygen atoms in total. The second kappa shape index (κ2) is 12.9. The number of amides is 3. The first kappa shape index (κ1) is 30.4. The molecule has 1 heterocycles. The predicted octanol–water partition coefficient (Wildman–Crippen LogP) is 4.80. The highest BCUT2D eigenvalue weighted by atomic mass is 35.5. The van der Waals surface area contributed by atoms with E-state index in [4.69, 9.17) is 11.6 Å². The first-order valence-electron chi connectivity index (χ1n) is 13.4. The zero-order valence-corrected chi connectivity index (χ0v) is 25.1. The number of piperazine rings is 1. The van der Waals surface area contributed by atoms with Gasteiger partial charge in [0.1, 0.15) is 0 Å². The molecule has 0 spiro atoms. The van der Waals surface area contributed by atoms with Crippen molar-refractivity contribution in [2.75, 3.05) is 42.9 Å². The van der Waals surface area contributed by atoms with E-state index in [-0.39, 0.29) is 29.6 Å². The Morgan fingerprint density at radius 1 is 0.878 bits per heavy atom. The molecule has 0 aliphatic carbocycles. The van der Waals surface area contributed by atoms with Crippen LogP contribution in [0.2, 0.25) is 5.02 Å². The third-order valence-electron chi connectivity index (χ3n) is 6.54. The Morgan fingerprint density at radius 3 is 2.07 bits per heavy atom. The molecule has 3 amide bonds. The number of anilines is 2. The lowest BCUT2D eigenvalue weighted by atomic mass is 10.1. The standard InChI is InChI=1S/C30H36ClN5O4S/c1-30(2,3)33-29(38)35-19-17-34(18-20-35)26-13-11-25(12-14-26)32-28(37)22-36(21-23-7-5-4-6-8-23)41(39,40)27-15-9-24(31)10-16-27/h4-16H,17-22H2,1-3H3,(H,32,37)(H,33,38). The van der Waals surface area contributed by atoms with E-state index in [9.17, 15) is 18.0 Å². The molecule has 3 aromatic rings. The van der Waals surface area contributed by atoms with E-state index in [0.717, 1.165) is 15.6 Å². The Kier molecular flexibility index (Phi) is 9.57. The molecule has 1 aliphatic rings. The summed E-state index contributed by atoms with van der Waals surface area (Å²) in [4.78, 5) is 29.6. The minimum Gasteiger partial charge on any atom is -0.368 e. The number of benzene rings is 3. The molecule has 0 radical (unpaired) electrons. The van der Waals surface area contributed by atoms with Gasteiger partial charge in [0.2, 0.25) is 15.9 Å². The summed E-state index contributed by atoms with van der Waals surface area (Å²) in [5.41, 5.74) is 2.02. The van der Waals surface area contributed by atoms with E-state index in [1.54, 1.807) is 12.1 Å². The van der Waals surface area contributed by atoms with Gasteiger partial charge in [0.05, 0.1) is 11.4 Å². The highest BCUT2D eigenvalue weighted by molar-refractivity contribution is 7.89. The van der Waals surface area contributed by atoms with Gasteiger partial charge in [0, 0.05) is 54.7 Å². The fraction of sp³-hybridized carbons (Fsp3) is 0.333. The molecule has 0 bridgehead atoms. The molecule has 0 atom stereocenters. The van der Waals surface area contributed by atoms with Gasteiger partial charge in [-0.1, -0.05) is 41.9 Å². The molecule has 4 rings (SSSR count). The summed E-state index contributed by atoms with van der Waals surface area (Å²) in [5.74, 6) is -0.454. The normalized spacial score (nSPS) is 14.2. The van der Waals surface area contributed by atoms with Crippen molar-refractivity contribution in [3.8, 4) is 0 Å². The second-order valence-corrected chi connectivity index (χ2v) is 13.3. The van der Waals surface area contributed by atoms with Gasteiger partial charge in [-0.25, -0.2) is 13.2 Å². The lowest BCUT2D eigenvalue weighted by molar-refractivity contribution is -0.116. The molecule has 218 valence electrons. The zero-order chi connectivity index (χ0) is 29.6. The number of hydrogen-bond donors (Lipinski definition) is 2. The van der Waals surface area contributed by atoms with Crippen LogP contribution in [0.5, 0.6) is 0 Å². The highest BCUT2D eigenvalue weighted by Gasteiger charge is 2.27. The molecule has 0 unspecified atom stereocenters. The van der Waals surface area contributed by atoms with Gasteiger partial charge in [0.25, 0.3) is 0 Å². The van der Waals surface area contributed by atoms with E-state index in [0.29, 0.717) is 36.9 Å². The van der Waals surface area contributed by atoms with E-state index < -0.39 is 15.9 Å². The topological polar surface area (TPSA) is 102 Å². The summed E-state index contributed by atoms with van der Waals surface area (Å²) in [6, 6.07) is 22.4. The molecular weight excluding hydrogens is 562 g/mol. The van der Waals surface area contributed by atoms with Gasteiger partial charge in [-0.2, -0.15) is 4.31 Å². The predicted molar refractivity (Wildman–Crippen MR) is 163 cm³/mol. The van der Waals surface area contributed by atoms with Crippen molar-refractivity contribution in [2.24, 2.45) is 0 Å². The summed E-state index contributed by atoms with van der Waals surface area (Å²) >= 11 is 5.95. The average Bonchev–Trinajstić information content (AvgIpc) is 2.93. The Hall–Kier alpha value is -3.60. The minimum absolute atomic E-state index is 0.0396. The summed E-state index contributed by atoms with van der Waals surface area (Å²) < 4.78 is 28.1. The Balaban J connectivity index is 1.39.